The van der Waals surface area contributed by atoms with E-state index in [0.717, 1.165) is 19.6 Å². The number of halogens is 2. The molecule has 0 aliphatic heterocycles. The molecule has 5 heteroatoms. The summed E-state index contributed by atoms with van der Waals surface area (Å²) in [5.74, 6) is -0.681. The molecule has 1 aromatic rings. The van der Waals surface area contributed by atoms with Gasteiger partial charge in [0.05, 0.1) is 10.0 Å². The van der Waals surface area contributed by atoms with Crippen molar-refractivity contribution in [2.45, 2.75) is 13.8 Å². The SMILES string of the molecule is CCN(CC)CCNC(=O)c1cccc(F)c1Br. The first-order chi connectivity index (χ1) is 8.60. The van der Waals surface area contributed by atoms with Crippen LogP contribution in [-0.4, -0.2) is 37.0 Å². The summed E-state index contributed by atoms with van der Waals surface area (Å²) in [4.78, 5) is 14.1. The molecule has 0 radical (unpaired) electrons. The van der Waals surface area contributed by atoms with Gasteiger partial charge in [-0.05, 0) is 41.2 Å². The zero-order chi connectivity index (χ0) is 13.5. The summed E-state index contributed by atoms with van der Waals surface area (Å²) in [6, 6.07) is 4.44. The minimum absolute atomic E-state index is 0.213. The Kier molecular flexibility index (Phi) is 6.29. The van der Waals surface area contributed by atoms with Crippen molar-refractivity contribution in [3.05, 3.63) is 34.1 Å². The van der Waals surface area contributed by atoms with Crippen molar-refractivity contribution in [1.82, 2.24) is 10.2 Å². The number of nitrogens with one attached hydrogen (secondary N) is 1. The summed E-state index contributed by atoms with van der Waals surface area (Å²) >= 11 is 3.08. The fraction of sp³-hybridized carbons (Fsp3) is 0.462. The third kappa shape index (κ3) is 4.07. The topological polar surface area (TPSA) is 32.3 Å². The molecular weight excluding hydrogens is 299 g/mol. The number of amides is 1. The van der Waals surface area contributed by atoms with Crippen LogP contribution in [0, 0.1) is 5.82 Å². The molecule has 0 aliphatic rings. The molecule has 1 N–H and O–H groups in total. The molecular formula is C13H18BrFN2O. The highest BCUT2D eigenvalue weighted by atomic mass is 79.9. The molecule has 18 heavy (non-hydrogen) atoms. The second-order valence-electron chi connectivity index (χ2n) is 3.88. The van der Waals surface area contributed by atoms with Crippen LogP contribution in [0.5, 0.6) is 0 Å². The minimum atomic E-state index is -0.425. The minimum Gasteiger partial charge on any atom is -0.351 e. The van der Waals surface area contributed by atoms with Crippen LogP contribution >= 0.6 is 15.9 Å². The summed E-state index contributed by atoms with van der Waals surface area (Å²) in [7, 11) is 0. The number of hydrogen-bond acceptors (Lipinski definition) is 2. The first kappa shape index (κ1) is 15.1. The van der Waals surface area contributed by atoms with Gasteiger partial charge in [0.25, 0.3) is 5.91 Å². The predicted octanol–water partition coefficient (Wildman–Crippen LogP) is 2.66. The number of nitrogens with zero attached hydrogens (tertiary/aromatic N) is 1. The predicted molar refractivity (Wildman–Crippen MR) is 74.2 cm³/mol. The van der Waals surface area contributed by atoms with Gasteiger partial charge in [-0.15, -0.1) is 0 Å². The van der Waals surface area contributed by atoms with Gasteiger partial charge in [-0.1, -0.05) is 19.9 Å². The molecule has 1 rings (SSSR count). The third-order valence-corrected chi connectivity index (χ3v) is 3.61. The van der Waals surface area contributed by atoms with Crippen LogP contribution in [0.2, 0.25) is 0 Å². The lowest BCUT2D eigenvalue weighted by molar-refractivity contribution is 0.0947. The molecule has 0 aliphatic carbocycles. The van der Waals surface area contributed by atoms with Gasteiger partial charge < -0.3 is 10.2 Å². The van der Waals surface area contributed by atoms with Crippen molar-refractivity contribution in [1.29, 1.82) is 0 Å². The standard InChI is InChI=1S/C13H18BrFN2O/c1-3-17(4-2)9-8-16-13(18)10-6-5-7-11(15)12(10)14/h5-7H,3-4,8-9H2,1-2H3,(H,16,18). The van der Waals surface area contributed by atoms with Crippen LogP contribution in [0.25, 0.3) is 0 Å². The summed E-state index contributed by atoms with van der Waals surface area (Å²) in [5.41, 5.74) is 0.328. The summed E-state index contributed by atoms with van der Waals surface area (Å²) in [5, 5.41) is 2.79. The highest BCUT2D eigenvalue weighted by molar-refractivity contribution is 9.10. The van der Waals surface area contributed by atoms with Crippen molar-refractivity contribution in [2.24, 2.45) is 0 Å². The Hall–Kier alpha value is -0.940. The third-order valence-electron chi connectivity index (χ3n) is 2.80. The Labute approximate surface area is 115 Å². The van der Waals surface area contributed by atoms with E-state index in [4.69, 9.17) is 0 Å². The second-order valence-corrected chi connectivity index (χ2v) is 4.68. The number of benzene rings is 1. The van der Waals surface area contributed by atoms with Gasteiger partial charge in [0, 0.05) is 13.1 Å². The zero-order valence-electron chi connectivity index (χ0n) is 10.7. The van der Waals surface area contributed by atoms with Gasteiger partial charge in [-0.25, -0.2) is 4.39 Å². The number of likely N-dealkylation sites (N-methyl/N-ethyl adjacent to an activating group) is 1. The maximum Gasteiger partial charge on any atom is 0.252 e. The summed E-state index contributed by atoms with van der Waals surface area (Å²) in [6.45, 7) is 7.42. The highest BCUT2D eigenvalue weighted by Crippen LogP contribution is 2.19. The molecule has 3 nitrogen and oxygen atoms in total. The molecule has 0 saturated carbocycles. The molecule has 0 atom stereocenters. The van der Waals surface area contributed by atoms with Crippen LogP contribution in [-0.2, 0) is 0 Å². The van der Waals surface area contributed by atoms with Crippen molar-refractivity contribution < 1.29 is 9.18 Å². The van der Waals surface area contributed by atoms with E-state index < -0.39 is 5.82 Å². The van der Waals surface area contributed by atoms with Crippen LogP contribution < -0.4 is 5.32 Å². The molecule has 0 spiro atoms. The fourth-order valence-corrected chi connectivity index (χ4v) is 2.09. The molecule has 0 saturated heterocycles. The van der Waals surface area contributed by atoms with Gasteiger partial charge in [0.15, 0.2) is 0 Å². The lowest BCUT2D eigenvalue weighted by Gasteiger charge is -2.18. The number of hydrogen-bond donors (Lipinski definition) is 1. The largest absolute Gasteiger partial charge is 0.351 e. The highest BCUT2D eigenvalue weighted by Gasteiger charge is 2.12. The molecule has 1 amide bonds. The summed E-state index contributed by atoms with van der Waals surface area (Å²) < 4.78 is 13.5. The molecule has 1 aromatic carbocycles. The van der Waals surface area contributed by atoms with Gasteiger partial charge in [0.1, 0.15) is 5.82 Å². The monoisotopic (exact) mass is 316 g/mol. The lowest BCUT2D eigenvalue weighted by Crippen LogP contribution is -2.34. The van der Waals surface area contributed by atoms with E-state index >= 15 is 0 Å². The second kappa shape index (κ2) is 7.48. The van der Waals surface area contributed by atoms with Crippen LogP contribution in [0.15, 0.2) is 22.7 Å². The maximum atomic E-state index is 13.3. The Morgan fingerprint density at radius 2 is 2.06 bits per heavy atom. The van der Waals surface area contributed by atoms with Crippen LogP contribution in [0.3, 0.4) is 0 Å². The van der Waals surface area contributed by atoms with E-state index in [1.807, 2.05) is 0 Å². The van der Waals surface area contributed by atoms with Gasteiger partial charge in [-0.3, -0.25) is 4.79 Å². The maximum absolute atomic E-state index is 13.3. The van der Waals surface area contributed by atoms with E-state index in [2.05, 4.69) is 40.0 Å². The van der Waals surface area contributed by atoms with Crippen molar-refractivity contribution in [3.8, 4) is 0 Å². The van der Waals surface area contributed by atoms with Crippen molar-refractivity contribution >= 4 is 21.8 Å². The average Bonchev–Trinajstić information content (AvgIpc) is 2.37. The smallest absolute Gasteiger partial charge is 0.252 e. The lowest BCUT2D eigenvalue weighted by atomic mass is 10.2. The number of carbonyl (C=O) groups excluding carboxylic acids is 1. The van der Waals surface area contributed by atoms with Crippen LogP contribution in [0.1, 0.15) is 24.2 Å². The molecule has 0 bridgehead atoms. The van der Waals surface area contributed by atoms with Gasteiger partial charge >= 0.3 is 0 Å². The van der Waals surface area contributed by atoms with E-state index in [0.29, 0.717) is 12.1 Å². The van der Waals surface area contributed by atoms with E-state index in [9.17, 15) is 9.18 Å². The number of carbonyl (C=O) groups is 1. The fourth-order valence-electron chi connectivity index (χ4n) is 1.64. The van der Waals surface area contributed by atoms with Crippen LogP contribution in [0.4, 0.5) is 4.39 Å². The Morgan fingerprint density at radius 1 is 1.39 bits per heavy atom. The molecule has 0 unspecified atom stereocenters. The van der Waals surface area contributed by atoms with E-state index in [1.54, 1.807) is 6.07 Å². The van der Waals surface area contributed by atoms with Gasteiger partial charge in [-0.2, -0.15) is 0 Å². The zero-order valence-corrected chi connectivity index (χ0v) is 12.3. The molecule has 0 fully saturated rings. The quantitative estimate of drug-likeness (QED) is 0.875. The van der Waals surface area contributed by atoms with E-state index in [-0.39, 0.29) is 10.4 Å². The van der Waals surface area contributed by atoms with Crippen molar-refractivity contribution in [2.75, 3.05) is 26.2 Å². The molecule has 0 heterocycles. The summed E-state index contributed by atoms with van der Waals surface area (Å²) in [6.07, 6.45) is 0. The molecule has 0 aromatic heterocycles. The van der Waals surface area contributed by atoms with Gasteiger partial charge in [0.2, 0.25) is 0 Å². The average molecular weight is 317 g/mol. The normalized spacial score (nSPS) is 10.7. The van der Waals surface area contributed by atoms with Crippen molar-refractivity contribution in [3.63, 3.8) is 0 Å². The Morgan fingerprint density at radius 3 is 2.67 bits per heavy atom. The molecule has 100 valence electrons. The van der Waals surface area contributed by atoms with E-state index in [1.165, 1.54) is 12.1 Å². The first-order valence-electron chi connectivity index (χ1n) is 6.04. The number of rotatable bonds is 6. The Balaban J connectivity index is 2.53. The Bertz CT molecular complexity index is 408. The first-order valence-corrected chi connectivity index (χ1v) is 6.84.